The standard InChI is InChI=1S/C24H25N3O5S/c1-15-5-10-22-24(25-15)27-23(26-22)17-11-19(31-16(2)14-30-3)13-20(12-17)32-18-6-8-21(9-7-18)33(4,28)29/h5-13,16H,14H2,1-4H3,(H,25,26,27). The number of nitrogens with one attached hydrogen (secondary N) is 1. The first-order valence-corrected chi connectivity index (χ1v) is 12.2. The molecule has 1 unspecified atom stereocenters. The van der Waals surface area contributed by atoms with Crippen molar-refractivity contribution in [2.24, 2.45) is 0 Å². The zero-order chi connectivity index (χ0) is 23.6. The number of hydrogen-bond donors (Lipinski definition) is 1. The molecule has 9 heteroatoms. The van der Waals surface area contributed by atoms with Gasteiger partial charge in [0.2, 0.25) is 0 Å². The molecular formula is C24H25N3O5S. The quantitative estimate of drug-likeness (QED) is 0.406. The molecule has 1 N–H and O–H groups in total. The van der Waals surface area contributed by atoms with Crippen LogP contribution in [0.2, 0.25) is 0 Å². The van der Waals surface area contributed by atoms with Crippen molar-refractivity contribution in [2.45, 2.75) is 24.8 Å². The van der Waals surface area contributed by atoms with Crippen LogP contribution in [-0.4, -0.2) is 49.4 Å². The van der Waals surface area contributed by atoms with Gasteiger partial charge in [-0.1, -0.05) is 0 Å². The summed E-state index contributed by atoms with van der Waals surface area (Å²) in [6, 6.07) is 15.6. The first kappa shape index (κ1) is 22.8. The van der Waals surface area contributed by atoms with Crippen molar-refractivity contribution in [1.82, 2.24) is 15.0 Å². The van der Waals surface area contributed by atoms with Gasteiger partial charge in [-0.25, -0.2) is 18.4 Å². The van der Waals surface area contributed by atoms with Crippen molar-refractivity contribution < 1.29 is 22.6 Å². The van der Waals surface area contributed by atoms with E-state index < -0.39 is 9.84 Å². The Labute approximate surface area is 192 Å². The van der Waals surface area contributed by atoms with E-state index in [0.29, 0.717) is 35.3 Å². The van der Waals surface area contributed by atoms with Crippen LogP contribution in [0, 0.1) is 6.92 Å². The number of imidazole rings is 1. The molecule has 0 aliphatic heterocycles. The predicted molar refractivity (Wildman–Crippen MR) is 126 cm³/mol. The van der Waals surface area contributed by atoms with Crippen LogP contribution in [0.25, 0.3) is 22.6 Å². The van der Waals surface area contributed by atoms with Crippen molar-refractivity contribution in [2.75, 3.05) is 20.0 Å². The van der Waals surface area contributed by atoms with Gasteiger partial charge < -0.3 is 19.2 Å². The number of benzene rings is 2. The highest BCUT2D eigenvalue weighted by Gasteiger charge is 2.13. The van der Waals surface area contributed by atoms with E-state index in [-0.39, 0.29) is 11.0 Å². The average Bonchev–Trinajstić information content (AvgIpc) is 3.17. The maximum atomic E-state index is 11.7. The summed E-state index contributed by atoms with van der Waals surface area (Å²) < 4.78 is 40.6. The number of aromatic nitrogens is 3. The van der Waals surface area contributed by atoms with E-state index in [4.69, 9.17) is 14.2 Å². The van der Waals surface area contributed by atoms with E-state index >= 15 is 0 Å². The van der Waals surface area contributed by atoms with E-state index in [2.05, 4.69) is 15.0 Å². The number of nitrogens with zero attached hydrogens (tertiary/aromatic N) is 2. The monoisotopic (exact) mass is 467 g/mol. The Bertz CT molecular complexity index is 1380. The van der Waals surface area contributed by atoms with Crippen LogP contribution in [0.1, 0.15) is 12.6 Å². The smallest absolute Gasteiger partial charge is 0.178 e. The van der Waals surface area contributed by atoms with Gasteiger partial charge in [0, 0.05) is 30.7 Å². The molecule has 0 amide bonds. The van der Waals surface area contributed by atoms with Crippen LogP contribution in [0.4, 0.5) is 0 Å². The SMILES string of the molecule is COCC(C)Oc1cc(Oc2ccc(S(C)(=O)=O)cc2)cc(-c2nc3nc(C)ccc3[nH]2)c1. The molecule has 0 bridgehead atoms. The molecule has 0 aliphatic carbocycles. The van der Waals surface area contributed by atoms with E-state index in [0.717, 1.165) is 16.8 Å². The summed E-state index contributed by atoms with van der Waals surface area (Å²) in [5.74, 6) is 2.23. The molecule has 8 nitrogen and oxygen atoms in total. The van der Waals surface area contributed by atoms with Gasteiger partial charge in [0.1, 0.15) is 29.2 Å². The number of hydrogen-bond acceptors (Lipinski definition) is 7. The molecule has 172 valence electrons. The Kier molecular flexibility index (Phi) is 6.35. The Morgan fingerprint density at radius 2 is 1.70 bits per heavy atom. The van der Waals surface area contributed by atoms with Gasteiger partial charge in [-0.15, -0.1) is 0 Å². The molecule has 0 fully saturated rings. The summed E-state index contributed by atoms with van der Waals surface area (Å²) in [5, 5.41) is 0. The van der Waals surface area contributed by atoms with Gasteiger partial charge in [-0.2, -0.15) is 0 Å². The van der Waals surface area contributed by atoms with Crippen molar-refractivity contribution in [3.05, 3.63) is 60.3 Å². The minimum absolute atomic E-state index is 0.174. The minimum Gasteiger partial charge on any atom is -0.488 e. The van der Waals surface area contributed by atoms with Crippen LogP contribution in [0.15, 0.2) is 59.5 Å². The molecule has 4 aromatic rings. The predicted octanol–water partition coefficient (Wildman–Crippen LogP) is 4.54. The van der Waals surface area contributed by atoms with E-state index in [1.807, 2.05) is 38.1 Å². The topological polar surface area (TPSA) is 103 Å². The molecule has 0 aliphatic rings. The molecule has 2 aromatic carbocycles. The lowest BCUT2D eigenvalue weighted by Gasteiger charge is -2.16. The second-order valence-corrected chi connectivity index (χ2v) is 9.85. The fourth-order valence-corrected chi connectivity index (χ4v) is 3.98. The van der Waals surface area contributed by atoms with Crippen molar-refractivity contribution in [1.29, 1.82) is 0 Å². The van der Waals surface area contributed by atoms with Gasteiger partial charge in [0.15, 0.2) is 15.5 Å². The van der Waals surface area contributed by atoms with Crippen LogP contribution < -0.4 is 9.47 Å². The first-order chi connectivity index (χ1) is 15.7. The second-order valence-electron chi connectivity index (χ2n) is 7.83. The molecular weight excluding hydrogens is 442 g/mol. The molecule has 2 aromatic heterocycles. The third-order valence-electron chi connectivity index (χ3n) is 4.86. The zero-order valence-electron chi connectivity index (χ0n) is 18.8. The van der Waals surface area contributed by atoms with Crippen LogP contribution in [0.3, 0.4) is 0 Å². The maximum absolute atomic E-state index is 11.7. The number of aryl methyl sites for hydroxylation is 1. The van der Waals surface area contributed by atoms with Gasteiger partial charge in [0.05, 0.1) is 17.0 Å². The number of aromatic amines is 1. The Morgan fingerprint density at radius 1 is 0.970 bits per heavy atom. The number of pyridine rings is 1. The lowest BCUT2D eigenvalue weighted by Crippen LogP contribution is -2.17. The normalized spacial score (nSPS) is 12.6. The summed E-state index contributed by atoms with van der Waals surface area (Å²) in [6.45, 7) is 4.26. The Morgan fingerprint density at radius 3 is 2.39 bits per heavy atom. The van der Waals surface area contributed by atoms with Gasteiger partial charge in [0.25, 0.3) is 0 Å². The number of rotatable bonds is 8. The largest absolute Gasteiger partial charge is 0.488 e. The average molecular weight is 468 g/mol. The van der Waals surface area contributed by atoms with Gasteiger partial charge >= 0.3 is 0 Å². The summed E-state index contributed by atoms with van der Waals surface area (Å²) in [7, 11) is -1.66. The lowest BCUT2D eigenvalue weighted by molar-refractivity contribution is 0.0920. The fraction of sp³-hybridized carbons (Fsp3) is 0.250. The molecule has 0 saturated heterocycles. The molecule has 2 heterocycles. The van der Waals surface area contributed by atoms with Crippen molar-refractivity contribution in [3.63, 3.8) is 0 Å². The summed E-state index contributed by atoms with van der Waals surface area (Å²) in [4.78, 5) is 12.6. The van der Waals surface area contributed by atoms with E-state index in [1.54, 1.807) is 25.3 Å². The first-order valence-electron chi connectivity index (χ1n) is 10.3. The van der Waals surface area contributed by atoms with E-state index in [9.17, 15) is 8.42 Å². The van der Waals surface area contributed by atoms with Crippen LogP contribution in [-0.2, 0) is 14.6 Å². The van der Waals surface area contributed by atoms with Crippen molar-refractivity contribution in [3.8, 4) is 28.6 Å². The van der Waals surface area contributed by atoms with Crippen molar-refractivity contribution >= 4 is 21.0 Å². The number of methoxy groups -OCH3 is 1. The van der Waals surface area contributed by atoms with Crippen LogP contribution in [0.5, 0.6) is 17.2 Å². The van der Waals surface area contributed by atoms with E-state index in [1.165, 1.54) is 18.4 Å². The fourth-order valence-electron chi connectivity index (χ4n) is 3.35. The number of H-pyrrole nitrogens is 1. The molecule has 33 heavy (non-hydrogen) atoms. The third kappa shape index (κ3) is 5.50. The maximum Gasteiger partial charge on any atom is 0.178 e. The van der Waals surface area contributed by atoms with Gasteiger partial charge in [-0.3, -0.25) is 0 Å². The highest BCUT2D eigenvalue weighted by atomic mass is 32.2. The highest BCUT2D eigenvalue weighted by molar-refractivity contribution is 7.90. The molecule has 1 atom stereocenters. The second kappa shape index (κ2) is 9.21. The zero-order valence-corrected chi connectivity index (χ0v) is 19.6. The third-order valence-corrected chi connectivity index (χ3v) is 5.99. The lowest BCUT2D eigenvalue weighted by atomic mass is 10.2. The van der Waals surface area contributed by atoms with Crippen LogP contribution >= 0.6 is 0 Å². The summed E-state index contributed by atoms with van der Waals surface area (Å²) >= 11 is 0. The van der Waals surface area contributed by atoms with Gasteiger partial charge in [-0.05, 0) is 62.4 Å². The molecule has 0 saturated carbocycles. The number of sulfone groups is 1. The molecule has 0 spiro atoms. The number of fused-ring (bicyclic) bond motifs is 1. The summed E-state index contributed by atoms with van der Waals surface area (Å²) in [5.41, 5.74) is 3.10. The number of ether oxygens (including phenoxy) is 3. The molecule has 0 radical (unpaired) electrons. The summed E-state index contributed by atoms with van der Waals surface area (Å²) in [6.07, 6.45) is 0.994. The molecule has 4 rings (SSSR count). The Balaban J connectivity index is 1.70. The minimum atomic E-state index is -3.28. The Hall–Kier alpha value is -3.43. The highest BCUT2D eigenvalue weighted by Crippen LogP contribution is 2.33.